The zero-order chi connectivity index (χ0) is 14.0. The number of aliphatic hydroxyl groups excluding tert-OH is 1. The summed E-state index contributed by atoms with van der Waals surface area (Å²) in [4.78, 5) is 2.27. The molecule has 1 aromatic rings. The molecule has 0 radical (unpaired) electrons. The second-order valence-electron chi connectivity index (χ2n) is 5.75. The van der Waals surface area contributed by atoms with Crippen molar-refractivity contribution in [3.63, 3.8) is 0 Å². The van der Waals surface area contributed by atoms with Crippen LogP contribution in [-0.4, -0.2) is 38.5 Å². The minimum absolute atomic E-state index is 0.108. The largest absolute Gasteiger partial charge is 0.497 e. The highest BCUT2D eigenvalue weighted by atomic mass is 16.5. The fourth-order valence-electron chi connectivity index (χ4n) is 2.60. The standard InChI is InChI=1S/C15H23NO3/c1-15(2)10-16(8-7-14(15)17)12-6-5-11(18-3)9-13(12)19-4/h5-6,9,14,17H,7-8,10H2,1-4H3. The molecule has 1 N–H and O–H groups in total. The van der Waals surface area contributed by atoms with Crippen molar-refractivity contribution in [3.8, 4) is 11.5 Å². The fourth-order valence-corrected chi connectivity index (χ4v) is 2.60. The van der Waals surface area contributed by atoms with E-state index >= 15 is 0 Å². The Morgan fingerprint density at radius 2 is 2.00 bits per heavy atom. The van der Waals surface area contributed by atoms with E-state index in [1.54, 1.807) is 14.2 Å². The van der Waals surface area contributed by atoms with Crippen LogP contribution >= 0.6 is 0 Å². The highest BCUT2D eigenvalue weighted by Crippen LogP contribution is 2.37. The molecule has 1 heterocycles. The summed E-state index contributed by atoms with van der Waals surface area (Å²) in [5, 5.41) is 10.0. The van der Waals surface area contributed by atoms with Crippen LogP contribution in [0.4, 0.5) is 5.69 Å². The molecule has 1 aliphatic rings. The predicted octanol–water partition coefficient (Wildman–Crippen LogP) is 2.30. The molecule has 4 heteroatoms. The Morgan fingerprint density at radius 1 is 1.26 bits per heavy atom. The number of nitrogens with zero attached hydrogens (tertiary/aromatic N) is 1. The van der Waals surface area contributed by atoms with Crippen molar-refractivity contribution in [3.05, 3.63) is 18.2 Å². The van der Waals surface area contributed by atoms with E-state index in [0.29, 0.717) is 0 Å². The first-order valence-corrected chi connectivity index (χ1v) is 6.63. The van der Waals surface area contributed by atoms with Crippen LogP contribution in [0.3, 0.4) is 0 Å². The van der Waals surface area contributed by atoms with E-state index in [-0.39, 0.29) is 11.5 Å². The summed E-state index contributed by atoms with van der Waals surface area (Å²) in [6, 6.07) is 5.86. The molecule has 1 fully saturated rings. The molecule has 2 rings (SSSR count). The van der Waals surface area contributed by atoms with Crippen molar-refractivity contribution in [1.29, 1.82) is 0 Å². The third kappa shape index (κ3) is 2.78. The maximum Gasteiger partial charge on any atom is 0.145 e. The lowest BCUT2D eigenvalue weighted by atomic mass is 9.81. The third-order valence-electron chi connectivity index (χ3n) is 3.90. The summed E-state index contributed by atoms with van der Waals surface area (Å²) in [6.07, 6.45) is 0.537. The lowest BCUT2D eigenvalue weighted by molar-refractivity contribution is 0.0335. The highest BCUT2D eigenvalue weighted by molar-refractivity contribution is 5.61. The van der Waals surface area contributed by atoms with Crippen LogP contribution in [0.5, 0.6) is 11.5 Å². The van der Waals surface area contributed by atoms with Gasteiger partial charge in [-0.15, -0.1) is 0 Å². The van der Waals surface area contributed by atoms with Gasteiger partial charge in [-0.2, -0.15) is 0 Å². The topological polar surface area (TPSA) is 41.9 Å². The molecule has 0 aliphatic carbocycles. The molecule has 0 saturated carbocycles. The van der Waals surface area contributed by atoms with Crippen LogP contribution in [0, 0.1) is 5.41 Å². The average Bonchev–Trinajstić information content (AvgIpc) is 2.41. The Kier molecular flexibility index (Phi) is 3.90. The summed E-state index contributed by atoms with van der Waals surface area (Å²) in [6.45, 7) is 5.85. The lowest BCUT2D eigenvalue weighted by Crippen LogP contribution is -2.48. The molecule has 1 saturated heterocycles. The number of aliphatic hydroxyl groups is 1. The smallest absolute Gasteiger partial charge is 0.145 e. The van der Waals surface area contributed by atoms with Gasteiger partial charge in [-0.3, -0.25) is 0 Å². The minimum atomic E-state index is -0.243. The van der Waals surface area contributed by atoms with Gasteiger partial charge in [0.1, 0.15) is 11.5 Å². The van der Waals surface area contributed by atoms with Crippen molar-refractivity contribution < 1.29 is 14.6 Å². The van der Waals surface area contributed by atoms with Crippen molar-refractivity contribution >= 4 is 5.69 Å². The number of hydrogen-bond donors (Lipinski definition) is 1. The molecule has 0 spiro atoms. The second-order valence-corrected chi connectivity index (χ2v) is 5.75. The first kappa shape index (κ1) is 14.0. The predicted molar refractivity (Wildman–Crippen MR) is 76.2 cm³/mol. The number of anilines is 1. The van der Waals surface area contributed by atoms with Gasteiger partial charge in [-0.05, 0) is 18.6 Å². The molecule has 1 aliphatic heterocycles. The monoisotopic (exact) mass is 265 g/mol. The Hall–Kier alpha value is -1.42. The molecule has 19 heavy (non-hydrogen) atoms. The third-order valence-corrected chi connectivity index (χ3v) is 3.90. The second kappa shape index (κ2) is 5.29. The van der Waals surface area contributed by atoms with Crippen LogP contribution in [-0.2, 0) is 0 Å². The van der Waals surface area contributed by atoms with Gasteiger partial charge in [-0.25, -0.2) is 0 Å². The molecule has 1 atom stereocenters. The van der Waals surface area contributed by atoms with Gasteiger partial charge in [0.15, 0.2) is 0 Å². The molecule has 4 nitrogen and oxygen atoms in total. The normalized spacial score (nSPS) is 22.2. The summed E-state index contributed by atoms with van der Waals surface area (Å²) in [5.74, 6) is 1.60. The number of methoxy groups -OCH3 is 2. The molecule has 106 valence electrons. The fraction of sp³-hybridized carbons (Fsp3) is 0.600. The van der Waals surface area contributed by atoms with Crippen LogP contribution in [0.15, 0.2) is 18.2 Å². The highest BCUT2D eigenvalue weighted by Gasteiger charge is 2.35. The van der Waals surface area contributed by atoms with Gasteiger partial charge in [0.2, 0.25) is 0 Å². The van der Waals surface area contributed by atoms with Crippen LogP contribution in [0.25, 0.3) is 0 Å². The van der Waals surface area contributed by atoms with Crippen molar-refractivity contribution in [1.82, 2.24) is 0 Å². The Morgan fingerprint density at radius 3 is 2.58 bits per heavy atom. The van der Waals surface area contributed by atoms with Gasteiger partial charge in [0.05, 0.1) is 26.0 Å². The molecule has 0 bridgehead atoms. The van der Waals surface area contributed by atoms with E-state index in [1.165, 1.54) is 0 Å². The average molecular weight is 265 g/mol. The number of hydrogen-bond acceptors (Lipinski definition) is 4. The van der Waals surface area contributed by atoms with Crippen molar-refractivity contribution in [2.75, 3.05) is 32.2 Å². The van der Waals surface area contributed by atoms with Gasteiger partial charge in [0, 0.05) is 24.6 Å². The molecule has 0 aromatic heterocycles. The van der Waals surface area contributed by atoms with Crippen molar-refractivity contribution in [2.45, 2.75) is 26.4 Å². The molecular formula is C15H23NO3. The van der Waals surface area contributed by atoms with E-state index in [2.05, 4.69) is 18.7 Å². The van der Waals surface area contributed by atoms with E-state index < -0.39 is 0 Å². The number of benzene rings is 1. The number of rotatable bonds is 3. The molecule has 1 unspecified atom stereocenters. The Bertz CT molecular complexity index is 445. The maximum atomic E-state index is 10.0. The molecule has 0 amide bonds. The number of ether oxygens (including phenoxy) is 2. The zero-order valence-corrected chi connectivity index (χ0v) is 12.1. The Labute approximate surface area is 114 Å². The van der Waals surface area contributed by atoms with E-state index in [4.69, 9.17) is 9.47 Å². The molecule has 1 aromatic carbocycles. The van der Waals surface area contributed by atoms with Gasteiger partial charge < -0.3 is 19.5 Å². The van der Waals surface area contributed by atoms with Crippen LogP contribution in [0.1, 0.15) is 20.3 Å². The van der Waals surface area contributed by atoms with E-state index in [0.717, 1.165) is 36.7 Å². The summed E-state index contributed by atoms with van der Waals surface area (Å²) < 4.78 is 10.7. The summed E-state index contributed by atoms with van der Waals surface area (Å²) in [5.41, 5.74) is 0.951. The van der Waals surface area contributed by atoms with Gasteiger partial charge in [0.25, 0.3) is 0 Å². The quantitative estimate of drug-likeness (QED) is 0.910. The van der Waals surface area contributed by atoms with Gasteiger partial charge in [-0.1, -0.05) is 13.8 Å². The minimum Gasteiger partial charge on any atom is -0.497 e. The van der Waals surface area contributed by atoms with Crippen LogP contribution in [0.2, 0.25) is 0 Å². The summed E-state index contributed by atoms with van der Waals surface area (Å²) in [7, 11) is 3.32. The van der Waals surface area contributed by atoms with Crippen LogP contribution < -0.4 is 14.4 Å². The van der Waals surface area contributed by atoms with Crippen molar-refractivity contribution in [2.24, 2.45) is 5.41 Å². The van der Waals surface area contributed by atoms with E-state index in [1.807, 2.05) is 18.2 Å². The first-order chi connectivity index (χ1) is 8.97. The van der Waals surface area contributed by atoms with E-state index in [9.17, 15) is 5.11 Å². The molecular weight excluding hydrogens is 242 g/mol. The SMILES string of the molecule is COc1ccc(N2CCC(O)C(C)(C)C2)c(OC)c1. The zero-order valence-electron chi connectivity index (χ0n) is 12.1. The first-order valence-electron chi connectivity index (χ1n) is 6.63. The maximum absolute atomic E-state index is 10.0. The number of piperidine rings is 1. The Balaban J connectivity index is 2.27. The summed E-state index contributed by atoms with van der Waals surface area (Å²) >= 11 is 0. The van der Waals surface area contributed by atoms with Gasteiger partial charge >= 0.3 is 0 Å². The lowest BCUT2D eigenvalue weighted by Gasteiger charge is -2.43.